The van der Waals surface area contributed by atoms with Crippen LogP contribution in [0.1, 0.15) is 56.8 Å². The second kappa shape index (κ2) is 10.2. The van der Waals surface area contributed by atoms with Gasteiger partial charge in [0.2, 0.25) is 0 Å². The summed E-state index contributed by atoms with van der Waals surface area (Å²) in [7, 11) is 0. The molecule has 1 aromatic carbocycles. The number of rotatable bonds is 7. The molecule has 1 atom stereocenters. The van der Waals surface area contributed by atoms with Crippen LogP contribution in [0.4, 0.5) is 10.5 Å². The molecule has 3 N–H and O–H groups in total. The summed E-state index contributed by atoms with van der Waals surface area (Å²) in [5.41, 5.74) is 1.16. The first-order valence-electron chi connectivity index (χ1n) is 9.65. The maximum atomic E-state index is 12.3. The number of hydrogen-bond donors (Lipinski definition) is 3. The average molecular weight is 361 g/mol. The van der Waals surface area contributed by atoms with Crippen molar-refractivity contribution < 1.29 is 9.59 Å². The maximum Gasteiger partial charge on any atom is 0.319 e. The van der Waals surface area contributed by atoms with Gasteiger partial charge in [-0.2, -0.15) is 0 Å². The first kappa shape index (κ1) is 20.2. The summed E-state index contributed by atoms with van der Waals surface area (Å²) in [4.78, 5) is 26.6. The molecule has 0 aromatic heterocycles. The van der Waals surface area contributed by atoms with Gasteiger partial charge in [-0.05, 0) is 64.8 Å². The largest absolute Gasteiger partial charge is 0.352 e. The van der Waals surface area contributed by atoms with E-state index in [0.717, 1.165) is 13.0 Å². The van der Waals surface area contributed by atoms with Gasteiger partial charge in [0, 0.05) is 36.4 Å². The van der Waals surface area contributed by atoms with Gasteiger partial charge in [0.25, 0.3) is 5.91 Å². The summed E-state index contributed by atoms with van der Waals surface area (Å²) in [5.74, 6) is -0.107. The lowest BCUT2D eigenvalue weighted by molar-refractivity contribution is 0.0949. The van der Waals surface area contributed by atoms with Crippen LogP contribution in [0.25, 0.3) is 0 Å². The van der Waals surface area contributed by atoms with Crippen LogP contribution in [0.15, 0.2) is 24.3 Å². The number of amides is 3. The molecule has 3 amide bonds. The molecule has 0 spiro atoms. The number of carbonyl (C=O) groups is 2. The third-order valence-corrected chi connectivity index (χ3v) is 4.65. The van der Waals surface area contributed by atoms with Gasteiger partial charge in [-0.15, -0.1) is 0 Å². The van der Waals surface area contributed by atoms with Crippen molar-refractivity contribution in [3.63, 3.8) is 0 Å². The highest BCUT2D eigenvalue weighted by atomic mass is 16.2. The molecule has 1 aliphatic heterocycles. The summed E-state index contributed by atoms with van der Waals surface area (Å²) in [6, 6.07) is 7.44. The Balaban J connectivity index is 1.76. The molecule has 1 aliphatic rings. The van der Waals surface area contributed by atoms with E-state index in [0.29, 0.717) is 23.8 Å². The Hall–Kier alpha value is -2.08. The van der Waals surface area contributed by atoms with Gasteiger partial charge in [0.1, 0.15) is 0 Å². The molecule has 1 heterocycles. The van der Waals surface area contributed by atoms with Crippen LogP contribution in [0.3, 0.4) is 0 Å². The van der Waals surface area contributed by atoms with E-state index in [9.17, 15) is 9.59 Å². The molecule has 6 nitrogen and oxygen atoms in total. The second-order valence-corrected chi connectivity index (χ2v) is 7.32. The molecular weight excluding hydrogens is 328 g/mol. The van der Waals surface area contributed by atoms with E-state index < -0.39 is 0 Å². The lowest BCUT2D eigenvalue weighted by atomic mass is 10.0. The first-order chi connectivity index (χ1) is 12.5. The molecule has 6 heteroatoms. The molecular formula is C20H32N4O2. The van der Waals surface area contributed by atoms with E-state index in [4.69, 9.17) is 0 Å². The van der Waals surface area contributed by atoms with Gasteiger partial charge in [-0.1, -0.05) is 12.5 Å². The highest BCUT2D eigenvalue weighted by Gasteiger charge is 2.17. The third-order valence-electron chi connectivity index (χ3n) is 4.65. The summed E-state index contributed by atoms with van der Waals surface area (Å²) < 4.78 is 0. The fourth-order valence-electron chi connectivity index (χ4n) is 3.24. The molecule has 144 valence electrons. The molecule has 2 rings (SSSR count). The van der Waals surface area contributed by atoms with Crippen molar-refractivity contribution in [3.05, 3.63) is 29.8 Å². The van der Waals surface area contributed by atoms with Gasteiger partial charge in [0.05, 0.1) is 0 Å². The van der Waals surface area contributed by atoms with Crippen LogP contribution in [-0.4, -0.2) is 48.6 Å². The SMILES string of the molecule is CC(C)NC(=O)Nc1cccc(C(=O)NCCCN2CCCCC2C)c1. The predicted octanol–water partition coefficient (Wildman–Crippen LogP) is 3.21. The van der Waals surface area contributed by atoms with Crippen molar-refractivity contribution in [1.82, 2.24) is 15.5 Å². The van der Waals surface area contributed by atoms with Crippen molar-refractivity contribution in [2.75, 3.05) is 25.0 Å². The van der Waals surface area contributed by atoms with Crippen LogP contribution in [-0.2, 0) is 0 Å². The Bertz CT molecular complexity index is 603. The number of benzene rings is 1. The van der Waals surface area contributed by atoms with Crippen LogP contribution >= 0.6 is 0 Å². The second-order valence-electron chi connectivity index (χ2n) is 7.32. The quantitative estimate of drug-likeness (QED) is 0.654. The third kappa shape index (κ3) is 6.67. The molecule has 1 fully saturated rings. The summed E-state index contributed by atoms with van der Waals surface area (Å²) in [6.45, 7) is 8.93. The van der Waals surface area contributed by atoms with E-state index in [1.807, 2.05) is 13.8 Å². The van der Waals surface area contributed by atoms with Crippen molar-refractivity contribution in [3.8, 4) is 0 Å². The highest BCUT2D eigenvalue weighted by Crippen LogP contribution is 2.16. The molecule has 0 radical (unpaired) electrons. The Labute approximate surface area is 156 Å². The van der Waals surface area contributed by atoms with Crippen LogP contribution < -0.4 is 16.0 Å². The number of likely N-dealkylation sites (tertiary alicyclic amines) is 1. The fourth-order valence-corrected chi connectivity index (χ4v) is 3.24. The number of nitrogens with zero attached hydrogens (tertiary/aromatic N) is 1. The zero-order valence-electron chi connectivity index (χ0n) is 16.2. The number of nitrogens with one attached hydrogen (secondary N) is 3. The van der Waals surface area contributed by atoms with E-state index in [2.05, 4.69) is 27.8 Å². The zero-order chi connectivity index (χ0) is 18.9. The molecule has 26 heavy (non-hydrogen) atoms. The Morgan fingerprint density at radius 1 is 1.27 bits per heavy atom. The number of piperidine rings is 1. The molecule has 1 saturated heterocycles. The van der Waals surface area contributed by atoms with Crippen molar-refractivity contribution in [2.24, 2.45) is 0 Å². The maximum absolute atomic E-state index is 12.3. The zero-order valence-corrected chi connectivity index (χ0v) is 16.2. The minimum Gasteiger partial charge on any atom is -0.352 e. The summed E-state index contributed by atoms with van der Waals surface area (Å²) in [5, 5.41) is 8.48. The van der Waals surface area contributed by atoms with Gasteiger partial charge in [-0.3, -0.25) is 4.79 Å². The van der Waals surface area contributed by atoms with Crippen molar-refractivity contribution in [2.45, 2.75) is 58.5 Å². The lowest BCUT2D eigenvalue weighted by Crippen LogP contribution is -2.39. The van der Waals surface area contributed by atoms with Crippen LogP contribution in [0.2, 0.25) is 0 Å². The Morgan fingerprint density at radius 3 is 2.81 bits per heavy atom. The van der Waals surface area contributed by atoms with E-state index in [-0.39, 0.29) is 18.0 Å². The fraction of sp³-hybridized carbons (Fsp3) is 0.600. The molecule has 0 aliphatic carbocycles. The van der Waals surface area contributed by atoms with Crippen LogP contribution in [0, 0.1) is 0 Å². The Kier molecular flexibility index (Phi) is 7.91. The van der Waals surface area contributed by atoms with Crippen LogP contribution in [0.5, 0.6) is 0 Å². The topological polar surface area (TPSA) is 73.5 Å². The molecule has 1 unspecified atom stereocenters. The van der Waals surface area contributed by atoms with E-state index in [1.165, 1.54) is 25.8 Å². The van der Waals surface area contributed by atoms with Gasteiger partial charge < -0.3 is 20.9 Å². The normalized spacial score (nSPS) is 17.8. The average Bonchev–Trinajstić information content (AvgIpc) is 2.59. The monoisotopic (exact) mass is 360 g/mol. The number of hydrogen-bond acceptors (Lipinski definition) is 3. The standard InChI is InChI=1S/C20H32N4O2/c1-15(2)22-20(26)23-18-10-6-9-17(14-18)19(25)21-11-7-13-24-12-5-4-8-16(24)3/h6,9-10,14-16H,4-5,7-8,11-13H2,1-3H3,(H,21,25)(H2,22,23,26). The van der Waals surface area contributed by atoms with Gasteiger partial charge >= 0.3 is 6.03 Å². The summed E-state index contributed by atoms with van der Waals surface area (Å²) >= 11 is 0. The predicted molar refractivity (Wildman–Crippen MR) is 106 cm³/mol. The number of anilines is 1. The number of carbonyl (C=O) groups excluding carboxylic acids is 2. The Morgan fingerprint density at radius 2 is 2.08 bits per heavy atom. The lowest BCUT2D eigenvalue weighted by Gasteiger charge is -2.33. The molecule has 1 aromatic rings. The van der Waals surface area contributed by atoms with Crippen molar-refractivity contribution >= 4 is 17.6 Å². The van der Waals surface area contributed by atoms with E-state index >= 15 is 0 Å². The van der Waals surface area contributed by atoms with Crippen molar-refractivity contribution in [1.29, 1.82) is 0 Å². The number of urea groups is 1. The molecule has 0 bridgehead atoms. The minimum absolute atomic E-state index is 0.0594. The minimum atomic E-state index is -0.270. The van der Waals surface area contributed by atoms with E-state index in [1.54, 1.807) is 24.3 Å². The summed E-state index contributed by atoms with van der Waals surface area (Å²) in [6.07, 6.45) is 4.83. The van der Waals surface area contributed by atoms with Gasteiger partial charge in [0.15, 0.2) is 0 Å². The highest BCUT2D eigenvalue weighted by molar-refractivity contribution is 5.96. The molecule has 0 saturated carbocycles. The first-order valence-corrected chi connectivity index (χ1v) is 9.65. The van der Waals surface area contributed by atoms with Gasteiger partial charge in [-0.25, -0.2) is 4.79 Å². The smallest absolute Gasteiger partial charge is 0.319 e.